The Bertz CT molecular complexity index is 960. The van der Waals surface area contributed by atoms with Gasteiger partial charge in [-0.25, -0.2) is 13.5 Å². The zero-order chi connectivity index (χ0) is 19.6. The minimum absolute atomic E-state index is 0.171. The first kappa shape index (κ1) is 18.6. The van der Waals surface area contributed by atoms with E-state index < -0.39 is 11.8 Å². The minimum Gasteiger partial charge on any atom is -0.497 e. The van der Waals surface area contributed by atoms with Crippen LogP contribution in [0.5, 0.6) is 5.75 Å². The lowest BCUT2D eigenvalue weighted by atomic mass is 10.1. The Labute approximate surface area is 155 Å². The quantitative estimate of drug-likeness (QED) is 0.726. The van der Waals surface area contributed by atoms with Gasteiger partial charge in [0.2, 0.25) is 0 Å². The third-order valence-electron chi connectivity index (χ3n) is 4.00. The van der Waals surface area contributed by atoms with E-state index in [2.05, 4.69) is 16.6 Å². The van der Waals surface area contributed by atoms with E-state index in [1.165, 1.54) is 22.9 Å². The maximum atomic E-state index is 13.5. The molecule has 0 saturated carbocycles. The third kappa shape index (κ3) is 4.13. The van der Waals surface area contributed by atoms with Gasteiger partial charge in [0, 0.05) is 18.2 Å². The standard InChI is InChI=1S/C20H18F2N3O2/c1-13-18(12-25(24-13)16-7-9-17(27-3)10-8-16)19(26)23-15-6-4-5-14(11-15)20(2,21)22/h4-11H,1-3H3,(H,23,26). The highest BCUT2D eigenvalue weighted by molar-refractivity contribution is 6.04. The average Bonchev–Trinajstić information content (AvgIpc) is 3.03. The number of amides is 1. The summed E-state index contributed by atoms with van der Waals surface area (Å²) in [7, 11) is 1.57. The Hall–Kier alpha value is -3.22. The van der Waals surface area contributed by atoms with Crippen LogP contribution in [0, 0.1) is 13.1 Å². The summed E-state index contributed by atoms with van der Waals surface area (Å²) in [5.41, 5.74) is 1.53. The molecule has 0 atom stereocenters. The van der Waals surface area contributed by atoms with E-state index in [1.54, 1.807) is 44.4 Å². The number of benzene rings is 2. The van der Waals surface area contributed by atoms with Crippen LogP contribution in [0.2, 0.25) is 0 Å². The highest BCUT2D eigenvalue weighted by atomic mass is 19.3. The number of nitrogens with zero attached hydrogens (tertiary/aromatic N) is 2. The molecule has 0 bridgehead atoms. The fraction of sp³-hybridized carbons (Fsp3) is 0.200. The van der Waals surface area contributed by atoms with Gasteiger partial charge in [0.15, 0.2) is 0 Å². The zero-order valence-corrected chi connectivity index (χ0v) is 15.1. The first-order valence-electron chi connectivity index (χ1n) is 8.21. The predicted octanol–water partition coefficient (Wildman–Crippen LogP) is 4.35. The van der Waals surface area contributed by atoms with E-state index in [0.29, 0.717) is 17.1 Å². The zero-order valence-electron chi connectivity index (χ0n) is 15.1. The molecule has 1 N–H and O–H groups in total. The summed E-state index contributed by atoms with van der Waals surface area (Å²) in [6.45, 7) is 2.49. The van der Waals surface area contributed by atoms with Gasteiger partial charge in [0.05, 0.1) is 24.1 Å². The number of hydrogen-bond donors (Lipinski definition) is 1. The second kappa shape index (κ2) is 7.19. The first-order valence-corrected chi connectivity index (χ1v) is 8.21. The lowest BCUT2D eigenvalue weighted by molar-refractivity contribution is 0.0175. The van der Waals surface area contributed by atoms with Gasteiger partial charge in [0.25, 0.3) is 11.8 Å². The molecule has 0 aliphatic carbocycles. The molecular formula is C20H18F2N3O2. The number of carbonyl (C=O) groups is 1. The summed E-state index contributed by atoms with van der Waals surface area (Å²) in [4.78, 5) is 12.5. The monoisotopic (exact) mass is 370 g/mol. The highest BCUT2D eigenvalue weighted by Crippen LogP contribution is 2.28. The lowest BCUT2D eigenvalue weighted by Crippen LogP contribution is -2.14. The Morgan fingerprint density at radius 2 is 1.93 bits per heavy atom. The van der Waals surface area contributed by atoms with E-state index in [9.17, 15) is 13.6 Å². The average molecular weight is 370 g/mol. The van der Waals surface area contributed by atoms with Gasteiger partial charge in [0.1, 0.15) is 11.9 Å². The molecule has 5 nitrogen and oxygen atoms in total. The van der Waals surface area contributed by atoms with Crippen molar-refractivity contribution in [2.24, 2.45) is 0 Å². The molecule has 1 aromatic heterocycles. The number of nitrogens with one attached hydrogen (secondary N) is 1. The van der Waals surface area contributed by atoms with Crippen molar-refractivity contribution in [3.63, 3.8) is 0 Å². The molecule has 1 radical (unpaired) electrons. The van der Waals surface area contributed by atoms with Crippen LogP contribution in [-0.4, -0.2) is 22.8 Å². The molecule has 0 aliphatic heterocycles. The van der Waals surface area contributed by atoms with Crippen molar-refractivity contribution in [1.82, 2.24) is 9.78 Å². The summed E-state index contributed by atoms with van der Waals surface area (Å²) in [6.07, 6.45) is 2.90. The van der Waals surface area contributed by atoms with Crippen LogP contribution in [-0.2, 0) is 5.92 Å². The van der Waals surface area contributed by atoms with Crippen molar-refractivity contribution in [2.75, 3.05) is 12.4 Å². The van der Waals surface area contributed by atoms with Gasteiger partial charge < -0.3 is 10.1 Å². The van der Waals surface area contributed by atoms with Crippen LogP contribution < -0.4 is 10.1 Å². The van der Waals surface area contributed by atoms with Crippen molar-refractivity contribution in [1.29, 1.82) is 0 Å². The molecule has 1 amide bonds. The van der Waals surface area contributed by atoms with Crippen LogP contribution in [0.15, 0.2) is 48.5 Å². The normalized spacial score (nSPS) is 11.3. The Morgan fingerprint density at radius 1 is 1.22 bits per heavy atom. The number of hydrogen-bond acceptors (Lipinski definition) is 3. The molecule has 3 rings (SSSR count). The summed E-state index contributed by atoms with van der Waals surface area (Å²) >= 11 is 0. The SMILES string of the molecule is COc1ccc(-n2[c]c(C(=O)Nc3cccc(C(C)(F)F)c3)c(C)n2)cc1. The molecule has 2 aromatic carbocycles. The number of halogens is 2. The maximum Gasteiger partial charge on any atom is 0.270 e. The number of anilines is 1. The predicted molar refractivity (Wildman–Crippen MR) is 97.7 cm³/mol. The second-order valence-electron chi connectivity index (χ2n) is 6.11. The molecule has 7 heteroatoms. The number of aryl methyl sites for hydroxylation is 1. The van der Waals surface area contributed by atoms with Crippen LogP contribution >= 0.6 is 0 Å². The molecule has 0 aliphatic rings. The Morgan fingerprint density at radius 3 is 2.56 bits per heavy atom. The van der Waals surface area contributed by atoms with E-state index in [1.807, 2.05) is 0 Å². The number of methoxy groups -OCH3 is 1. The number of carbonyl (C=O) groups excluding carboxylic acids is 1. The number of aromatic nitrogens is 2. The van der Waals surface area contributed by atoms with Crippen molar-refractivity contribution >= 4 is 11.6 Å². The van der Waals surface area contributed by atoms with Crippen molar-refractivity contribution in [3.8, 4) is 11.4 Å². The van der Waals surface area contributed by atoms with E-state index in [4.69, 9.17) is 4.74 Å². The molecule has 139 valence electrons. The molecule has 0 unspecified atom stereocenters. The fourth-order valence-corrected chi connectivity index (χ4v) is 2.54. The van der Waals surface area contributed by atoms with E-state index >= 15 is 0 Å². The van der Waals surface area contributed by atoms with Gasteiger partial charge in [-0.2, -0.15) is 5.10 Å². The molecule has 0 fully saturated rings. The lowest BCUT2D eigenvalue weighted by Gasteiger charge is -2.12. The number of rotatable bonds is 5. The fourth-order valence-electron chi connectivity index (χ4n) is 2.54. The highest BCUT2D eigenvalue weighted by Gasteiger charge is 2.24. The van der Waals surface area contributed by atoms with Gasteiger partial charge in [-0.1, -0.05) is 12.1 Å². The third-order valence-corrected chi connectivity index (χ3v) is 4.00. The Balaban J connectivity index is 1.82. The van der Waals surface area contributed by atoms with Crippen molar-refractivity contribution in [2.45, 2.75) is 19.8 Å². The van der Waals surface area contributed by atoms with Crippen LogP contribution in [0.1, 0.15) is 28.5 Å². The second-order valence-corrected chi connectivity index (χ2v) is 6.11. The summed E-state index contributed by atoms with van der Waals surface area (Å²) in [5.74, 6) is -2.75. The molecule has 0 saturated heterocycles. The summed E-state index contributed by atoms with van der Waals surface area (Å²) in [6, 6.07) is 12.7. The molecular weight excluding hydrogens is 352 g/mol. The largest absolute Gasteiger partial charge is 0.497 e. The molecule has 27 heavy (non-hydrogen) atoms. The van der Waals surface area contributed by atoms with Gasteiger partial charge in [-0.05, 0) is 43.3 Å². The number of ether oxygens (including phenoxy) is 1. The molecule has 3 aromatic rings. The topological polar surface area (TPSA) is 56.1 Å². The van der Waals surface area contributed by atoms with Crippen molar-refractivity contribution < 1.29 is 18.3 Å². The van der Waals surface area contributed by atoms with Gasteiger partial charge >= 0.3 is 0 Å². The van der Waals surface area contributed by atoms with Gasteiger partial charge in [-0.3, -0.25) is 4.79 Å². The van der Waals surface area contributed by atoms with E-state index in [0.717, 1.165) is 6.92 Å². The maximum absolute atomic E-state index is 13.5. The van der Waals surface area contributed by atoms with Crippen LogP contribution in [0.25, 0.3) is 5.69 Å². The first-order chi connectivity index (χ1) is 12.8. The summed E-state index contributed by atoms with van der Waals surface area (Å²) in [5, 5.41) is 6.91. The molecule has 0 spiro atoms. The summed E-state index contributed by atoms with van der Waals surface area (Å²) < 4.78 is 33.5. The van der Waals surface area contributed by atoms with Crippen LogP contribution in [0.4, 0.5) is 14.5 Å². The van der Waals surface area contributed by atoms with Crippen molar-refractivity contribution in [3.05, 3.63) is 71.5 Å². The minimum atomic E-state index is -2.98. The van der Waals surface area contributed by atoms with Crippen LogP contribution in [0.3, 0.4) is 0 Å². The molecule has 1 heterocycles. The van der Waals surface area contributed by atoms with Gasteiger partial charge in [-0.15, -0.1) is 0 Å². The smallest absolute Gasteiger partial charge is 0.270 e. The Kier molecular flexibility index (Phi) is 4.94. The van der Waals surface area contributed by atoms with E-state index in [-0.39, 0.29) is 16.8 Å². The number of alkyl halides is 2.